The molecule has 0 aliphatic carbocycles. The van der Waals surface area contributed by atoms with Gasteiger partial charge in [-0.2, -0.15) is 0 Å². The van der Waals surface area contributed by atoms with E-state index in [-0.39, 0.29) is 18.0 Å². The van der Waals surface area contributed by atoms with E-state index in [0.29, 0.717) is 6.54 Å². The number of hydrogen-bond donors (Lipinski definition) is 2. The Labute approximate surface area is 157 Å². The van der Waals surface area contributed by atoms with Crippen molar-refractivity contribution >= 4 is 33.6 Å². The van der Waals surface area contributed by atoms with Gasteiger partial charge in [0.15, 0.2) is 0 Å². The number of amides is 2. The second kappa shape index (κ2) is 8.67. The Bertz CT molecular complexity index is 608. The Hall–Kier alpha value is -1.60. The zero-order valence-corrected chi connectivity index (χ0v) is 16.6. The van der Waals surface area contributed by atoms with Gasteiger partial charge in [-0.1, -0.05) is 12.1 Å². The fourth-order valence-corrected chi connectivity index (χ4v) is 3.05. The summed E-state index contributed by atoms with van der Waals surface area (Å²) < 4.78 is 6.14. The van der Waals surface area contributed by atoms with Crippen LogP contribution in [-0.4, -0.2) is 48.2 Å². The van der Waals surface area contributed by atoms with Crippen LogP contribution in [0.4, 0.5) is 10.5 Å². The molecule has 1 saturated heterocycles. The van der Waals surface area contributed by atoms with Crippen molar-refractivity contribution in [3.8, 4) is 0 Å². The molecular weight excluding hydrogens is 386 g/mol. The number of anilines is 1. The SMILES string of the molecule is CC(C)(C)OC(=O)NC1CCN(CC(=O)Nc2ccccc2Br)CC1. The Morgan fingerprint density at radius 1 is 1.24 bits per heavy atom. The molecule has 1 aromatic rings. The van der Waals surface area contributed by atoms with Crippen molar-refractivity contribution in [2.45, 2.75) is 45.3 Å². The van der Waals surface area contributed by atoms with Gasteiger partial charge < -0.3 is 15.4 Å². The fraction of sp³-hybridized carbons (Fsp3) is 0.556. The van der Waals surface area contributed by atoms with Crippen LogP contribution in [0, 0.1) is 0 Å². The van der Waals surface area contributed by atoms with E-state index in [4.69, 9.17) is 4.74 Å². The third kappa shape index (κ3) is 7.04. The van der Waals surface area contributed by atoms with Crippen LogP contribution in [0.2, 0.25) is 0 Å². The van der Waals surface area contributed by atoms with Gasteiger partial charge in [-0.05, 0) is 61.7 Å². The van der Waals surface area contributed by atoms with Gasteiger partial charge in [0.05, 0.1) is 12.2 Å². The highest BCUT2D eigenvalue weighted by molar-refractivity contribution is 9.10. The molecule has 1 aromatic carbocycles. The minimum atomic E-state index is -0.491. The summed E-state index contributed by atoms with van der Waals surface area (Å²) in [6, 6.07) is 7.64. The Kier molecular flexibility index (Phi) is 6.84. The summed E-state index contributed by atoms with van der Waals surface area (Å²) in [5, 5.41) is 5.81. The minimum Gasteiger partial charge on any atom is -0.444 e. The number of para-hydroxylation sites is 1. The van der Waals surface area contributed by atoms with Crippen molar-refractivity contribution in [1.82, 2.24) is 10.2 Å². The smallest absolute Gasteiger partial charge is 0.407 e. The first-order valence-corrected chi connectivity index (χ1v) is 9.28. The van der Waals surface area contributed by atoms with E-state index in [1.54, 1.807) is 0 Å². The van der Waals surface area contributed by atoms with Gasteiger partial charge >= 0.3 is 6.09 Å². The third-order valence-electron chi connectivity index (χ3n) is 3.82. The number of hydrogen-bond acceptors (Lipinski definition) is 4. The number of alkyl carbamates (subject to hydrolysis) is 1. The highest BCUT2D eigenvalue weighted by Gasteiger charge is 2.24. The van der Waals surface area contributed by atoms with Crippen LogP contribution in [0.5, 0.6) is 0 Å². The number of piperidine rings is 1. The maximum absolute atomic E-state index is 12.2. The van der Waals surface area contributed by atoms with Crippen LogP contribution in [-0.2, 0) is 9.53 Å². The molecule has 0 bridgehead atoms. The lowest BCUT2D eigenvalue weighted by Gasteiger charge is -2.32. The number of carbonyl (C=O) groups excluding carboxylic acids is 2. The molecule has 25 heavy (non-hydrogen) atoms. The van der Waals surface area contributed by atoms with E-state index in [2.05, 4.69) is 31.5 Å². The molecule has 0 radical (unpaired) electrons. The first-order valence-electron chi connectivity index (χ1n) is 8.49. The number of likely N-dealkylation sites (tertiary alicyclic amines) is 1. The van der Waals surface area contributed by atoms with Crippen molar-refractivity contribution in [1.29, 1.82) is 0 Å². The molecular formula is C18H26BrN3O3. The molecule has 0 saturated carbocycles. The van der Waals surface area contributed by atoms with Gasteiger partial charge in [0.2, 0.25) is 5.91 Å². The maximum atomic E-state index is 12.2. The van der Waals surface area contributed by atoms with E-state index in [0.717, 1.165) is 36.1 Å². The van der Waals surface area contributed by atoms with Gasteiger partial charge in [0.1, 0.15) is 5.60 Å². The third-order valence-corrected chi connectivity index (χ3v) is 4.52. The van der Waals surface area contributed by atoms with Crippen molar-refractivity contribution in [2.75, 3.05) is 25.0 Å². The van der Waals surface area contributed by atoms with E-state index in [9.17, 15) is 9.59 Å². The molecule has 138 valence electrons. The molecule has 0 atom stereocenters. The summed E-state index contributed by atoms with van der Waals surface area (Å²) >= 11 is 3.42. The Morgan fingerprint density at radius 2 is 1.88 bits per heavy atom. The maximum Gasteiger partial charge on any atom is 0.407 e. The topological polar surface area (TPSA) is 70.7 Å². The number of benzene rings is 1. The summed E-state index contributed by atoms with van der Waals surface area (Å²) in [5.41, 5.74) is 0.281. The summed E-state index contributed by atoms with van der Waals surface area (Å²) in [6.45, 7) is 7.42. The molecule has 1 aliphatic heterocycles. The molecule has 7 heteroatoms. The lowest BCUT2D eigenvalue weighted by molar-refractivity contribution is -0.117. The summed E-state index contributed by atoms with van der Waals surface area (Å²) in [6.07, 6.45) is 1.24. The van der Waals surface area contributed by atoms with Gasteiger partial charge in [-0.25, -0.2) is 4.79 Å². The van der Waals surface area contributed by atoms with Crippen LogP contribution in [0.1, 0.15) is 33.6 Å². The molecule has 1 heterocycles. The van der Waals surface area contributed by atoms with E-state index >= 15 is 0 Å². The van der Waals surface area contributed by atoms with Gasteiger partial charge in [-0.15, -0.1) is 0 Å². The summed E-state index contributed by atoms with van der Waals surface area (Å²) in [7, 11) is 0. The van der Waals surface area contributed by atoms with Crippen LogP contribution >= 0.6 is 15.9 Å². The van der Waals surface area contributed by atoms with Crippen LogP contribution in [0.25, 0.3) is 0 Å². The van der Waals surface area contributed by atoms with E-state index < -0.39 is 5.60 Å². The summed E-state index contributed by atoms with van der Waals surface area (Å²) in [5.74, 6) is -0.0366. The average molecular weight is 412 g/mol. The van der Waals surface area contributed by atoms with Gasteiger partial charge in [-0.3, -0.25) is 9.69 Å². The van der Waals surface area contributed by atoms with E-state index in [1.807, 2.05) is 45.0 Å². The van der Waals surface area contributed by atoms with Crippen LogP contribution < -0.4 is 10.6 Å². The normalized spacial score (nSPS) is 16.3. The monoisotopic (exact) mass is 411 g/mol. The minimum absolute atomic E-state index is 0.0366. The lowest BCUT2D eigenvalue weighted by atomic mass is 10.1. The average Bonchev–Trinajstić information content (AvgIpc) is 2.49. The second-order valence-electron chi connectivity index (χ2n) is 7.22. The second-order valence-corrected chi connectivity index (χ2v) is 8.08. The zero-order valence-electron chi connectivity index (χ0n) is 15.0. The largest absolute Gasteiger partial charge is 0.444 e. The highest BCUT2D eigenvalue weighted by atomic mass is 79.9. The molecule has 0 spiro atoms. The zero-order chi connectivity index (χ0) is 18.4. The fourth-order valence-electron chi connectivity index (χ4n) is 2.67. The highest BCUT2D eigenvalue weighted by Crippen LogP contribution is 2.21. The van der Waals surface area contributed by atoms with Crippen molar-refractivity contribution in [3.63, 3.8) is 0 Å². The Morgan fingerprint density at radius 3 is 2.48 bits per heavy atom. The van der Waals surface area contributed by atoms with Crippen molar-refractivity contribution in [3.05, 3.63) is 28.7 Å². The predicted molar refractivity (Wildman–Crippen MR) is 102 cm³/mol. The number of carbonyl (C=O) groups is 2. The number of ether oxygens (including phenoxy) is 1. The van der Waals surface area contributed by atoms with Crippen LogP contribution in [0.15, 0.2) is 28.7 Å². The first-order chi connectivity index (χ1) is 11.7. The molecule has 2 rings (SSSR count). The molecule has 1 aliphatic rings. The first kappa shape index (κ1) is 19.7. The van der Waals surface area contributed by atoms with E-state index in [1.165, 1.54) is 0 Å². The van der Waals surface area contributed by atoms with Crippen LogP contribution in [0.3, 0.4) is 0 Å². The molecule has 0 unspecified atom stereocenters. The number of rotatable bonds is 4. The molecule has 2 amide bonds. The van der Waals surface area contributed by atoms with Crippen molar-refractivity contribution < 1.29 is 14.3 Å². The molecule has 2 N–H and O–H groups in total. The predicted octanol–water partition coefficient (Wildman–Crippen LogP) is 3.38. The lowest BCUT2D eigenvalue weighted by Crippen LogP contribution is -2.47. The van der Waals surface area contributed by atoms with Crippen molar-refractivity contribution in [2.24, 2.45) is 0 Å². The molecule has 6 nitrogen and oxygen atoms in total. The van der Waals surface area contributed by atoms with Gasteiger partial charge in [0, 0.05) is 23.6 Å². The number of halogens is 1. The Balaban J connectivity index is 1.72. The number of nitrogens with zero attached hydrogens (tertiary/aromatic N) is 1. The molecule has 1 fully saturated rings. The number of nitrogens with one attached hydrogen (secondary N) is 2. The summed E-state index contributed by atoms with van der Waals surface area (Å²) in [4.78, 5) is 26.1. The molecule has 0 aromatic heterocycles. The quantitative estimate of drug-likeness (QED) is 0.796. The van der Waals surface area contributed by atoms with Gasteiger partial charge in [0.25, 0.3) is 0 Å². The standard InChI is InChI=1S/C18H26BrN3O3/c1-18(2,3)25-17(24)20-13-8-10-22(11-9-13)12-16(23)21-15-7-5-4-6-14(15)19/h4-7,13H,8-12H2,1-3H3,(H,20,24)(H,21,23).